The standard InChI is InChI=1S/2C19H18F2N6O4S/c2*1-12(9-17-22-10-13(20)11-23-17)32(29,30)27-19(24-15-6-3-2-5-14(15)21)26-25-18(28)16-7-4-8-31-16/h2*2-8,10-12H,9H2,1H3,(H,25,28)(H2,24,26,27)/t2*12-/m10/s1. The summed E-state index contributed by atoms with van der Waals surface area (Å²) in [5.41, 5.74) is 8.89. The van der Waals surface area contributed by atoms with Gasteiger partial charge >= 0.3 is 11.8 Å². The number of carbonyl (C=O) groups is 2. The number of hydrazine groups is 2. The molecule has 336 valence electrons. The van der Waals surface area contributed by atoms with Crippen molar-refractivity contribution in [3.63, 3.8) is 0 Å². The lowest BCUT2D eigenvalue weighted by atomic mass is 10.3. The fourth-order valence-corrected chi connectivity index (χ4v) is 6.52. The van der Waals surface area contributed by atoms with Gasteiger partial charge in [0.15, 0.2) is 23.2 Å². The highest BCUT2D eigenvalue weighted by Gasteiger charge is 2.25. The zero-order valence-corrected chi connectivity index (χ0v) is 34.9. The average molecular weight is 929 g/mol. The van der Waals surface area contributed by atoms with E-state index < -0.39 is 77.5 Å². The lowest BCUT2D eigenvalue weighted by molar-refractivity contribution is 0.0909. The Hall–Kier alpha value is -7.74. The summed E-state index contributed by atoms with van der Waals surface area (Å²) in [7, 11) is -8.42. The summed E-state index contributed by atoms with van der Waals surface area (Å²) in [6.45, 7) is 2.71. The molecule has 0 aliphatic heterocycles. The van der Waals surface area contributed by atoms with Crippen molar-refractivity contribution in [3.05, 3.63) is 157 Å². The van der Waals surface area contributed by atoms with E-state index in [2.05, 4.69) is 61.1 Å². The van der Waals surface area contributed by atoms with Crippen LogP contribution < -0.4 is 32.3 Å². The number of nitrogens with one attached hydrogen (secondary N) is 6. The van der Waals surface area contributed by atoms with Crippen molar-refractivity contribution in [2.75, 3.05) is 10.6 Å². The second-order valence-electron chi connectivity index (χ2n) is 12.9. The minimum Gasteiger partial charge on any atom is -0.459 e. The molecule has 6 rings (SSSR count). The van der Waals surface area contributed by atoms with Gasteiger partial charge in [-0.25, -0.2) is 54.3 Å². The molecule has 0 unspecified atom stereocenters. The molecule has 2 amide bonds. The largest absolute Gasteiger partial charge is 0.459 e. The third-order valence-corrected chi connectivity index (χ3v) is 11.3. The molecule has 6 N–H and O–H groups in total. The number of halogens is 4. The molecule has 64 heavy (non-hydrogen) atoms. The van der Waals surface area contributed by atoms with Crippen molar-refractivity contribution in [2.24, 2.45) is 8.80 Å². The van der Waals surface area contributed by atoms with Crippen molar-refractivity contribution in [1.29, 1.82) is 0 Å². The lowest BCUT2D eigenvalue weighted by Crippen LogP contribution is -2.45. The number of nitrogens with zero attached hydrogens (tertiary/aromatic N) is 6. The van der Waals surface area contributed by atoms with Crippen LogP contribution in [-0.2, 0) is 32.9 Å². The van der Waals surface area contributed by atoms with Gasteiger partial charge in [0.1, 0.15) is 23.3 Å². The van der Waals surface area contributed by atoms with Crippen molar-refractivity contribution >= 4 is 55.2 Å². The number of rotatable bonds is 12. The van der Waals surface area contributed by atoms with Crippen LogP contribution >= 0.6 is 0 Å². The maximum Gasteiger partial charge on any atom is 0.305 e. The van der Waals surface area contributed by atoms with Gasteiger partial charge in [-0.2, -0.15) is 0 Å². The first kappa shape index (κ1) is 47.3. The molecule has 0 radical (unpaired) electrons. The monoisotopic (exact) mass is 928 g/mol. The minimum absolute atomic E-state index is 0.0487. The van der Waals surface area contributed by atoms with Gasteiger partial charge in [0, 0.05) is 12.8 Å². The molecule has 4 aromatic heterocycles. The van der Waals surface area contributed by atoms with Crippen molar-refractivity contribution in [3.8, 4) is 0 Å². The number of carbonyl (C=O) groups excluding carboxylic acids is 2. The molecule has 4 heterocycles. The Bertz CT molecular complexity index is 2590. The van der Waals surface area contributed by atoms with Gasteiger partial charge in [-0.1, -0.05) is 24.3 Å². The molecule has 0 spiro atoms. The number of sulfonamides is 2. The van der Waals surface area contributed by atoms with Crippen LogP contribution in [0.3, 0.4) is 0 Å². The summed E-state index contributed by atoms with van der Waals surface area (Å²) in [6.07, 6.45) is 5.93. The fourth-order valence-electron chi connectivity index (χ4n) is 4.75. The zero-order chi connectivity index (χ0) is 46.3. The van der Waals surface area contributed by atoms with Gasteiger partial charge in [0.05, 0.1) is 59.2 Å². The maximum absolute atomic E-state index is 14.0. The molecule has 2 aromatic carbocycles. The highest BCUT2D eigenvalue weighted by atomic mass is 32.2. The normalized spacial score (nSPS) is 12.8. The van der Waals surface area contributed by atoms with Crippen LogP contribution in [0.5, 0.6) is 0 Å². The van der Waals surface area contributed by atoms with Gasteiger partial charge in [-0.15, -0.1) is 8.80 Å². The molecule has 0 saturated heterocycles. The van der Waals surface area contributed by atoms with E-state index in [0.29, 0.717) is 0 Å². The first-order chi connectivity index (χ1) is 30.5. The van der Waals surface area contributed by atoms with Crippen LogP contribution in [-0.4, -0.2) is 71.0 Å². The van der Waals surface area contributed by atoms with Gasteiger partial charge < -0.3 is 19.5 Å². The Balaban J connectivity index is 0.000000241. The third kappa shape index (κ3) is 14.2. The van der Waals surface area contributed by atoms with E-state index >= 15 is 0 Å². The fraction of sp³-hybridized carbons (Fsp3) is 0.158. The second kappa shape index (κ2) is 21.9. The number of para-hydroxylation sites is 2. The summed E-state index contributed by atoms with van der Waals surface area (Å²) >= 11 is 0. The van der Waals surface area contributed by atoms with Crippen LogP contribution in [0.1, 0.15) is 46.6 Å². The molecule has 20 nitrogen and oxygen atoms in total. The van der Waals surface area contributed by atoms with E-state index in [4.69, 9.17) is 8.83 Å². The molecule has 0 aliphatic carbocycles. The van der Waals surface area contributed by atoms with Crippen molar-refractivity contribution in [1.82, 2.24) is 41.6 Å². The molecule has 6 aromatic rings. The number of aromatic nitrogens is 4. The van der Waals surface area contributed by atoms with Gasteiger partial charge in [-0.3, -0.25) is 31.3 Å². The van der Waals surface area contributed by atoms with Crippen LogP contribution in [0.25, 0.3) is 0 Å². The Kier molecular flexibility index (Phi) is 16.2. The minimum atomic E-state index is -4.21. The van der Waals surface area contributed by atoms with Crippen LogP contribution in [0.2, 0.25) is 0 Å². The number of hydrogen-bond acceptors (Lipinski definition) is 12. The Morgan fingerprint density at radius 2 is 0.922 bits per heavy atom. The first-order valence-corrected chi connectivity index (χ1v) is 21.3. The van der Waals surface area contributed by atoms with Crippen LogP contribution in [0.4, 0.5) is 28.9 Å². The highest BCUT2D eigenvalue weighted by molar-refractivity contribution is 7.91. The Morgan fingerprint density at radius 3 is 1.25 bits per heavy atom. The molecule has 2 atom stereocenters. The predicted octanol–water partition coefficient (Wildman–Crippen LogP) is 4.02. The van der Waals surface area contributed by atoms with E-state index in [1.165, 1.54) is 87.0 Å². The van der Waals surface area contributed by atoms with E-state index in [-0.39, 0.29) is 47.4 Å². The summed E-state index contributed by atoms with van der Waals surface area (Å²) < 4.78 is 122. The molecule has 0 bridgehead atoms. The SMILES string of the molecule is C[C@@H](Cc1ncc(F)cn1)S(=O)(=O)N=C(NNC(=O)c1ccco1)Nc1ccccc1F.C[C@H](Cc1ncc(F)cn1)S(=O)(=O)N=C(NNC(=O)c1ccco1)Nc1ccccc1F. The summed E-state index contributed by atoms with van der Waals surface area (Å²) in [5, 5.41) is 2.74. The van der Waals surface area contributed by atoms with Gasteiger partial charge in [-0.05, 0) is 62.4 Å². The molecular formula is C38H36F4N12O8S2. The highest BCUT2D eigenvalue weighted by Crippen LogP contribution is 2.16. The number of benzene rings is 2. The number of anilines is 2. The van der Waals surface area contributed by atoms with Crippen molar-refractivity contribution < 1.29 is 52.8 Å². The average Bonchev–Trinajstić information content (AvgIpc) is 4.02. The first-order valence-electron chi connectivity index (χ1n) is 18.3. The topological polar surface area (TPSA) is 277 Å². The number of furan rings is 2. The molecule has 0 aliphatic rings. The summed E-state index contributed by atoms with van der Waals surface area (Å²) in [6, 6.07) is 16.7. The smallest absolute Gasteiger partial charge is 0.305 e. The molecule has 26 heteroatoms. The maximum atomic E-state index is 14.0. The number of hydrogen-bond donors (Lipinski definition) is 6. The van der Waals surface area contributed by atoms with Gasteiger partial charge in [0.2, 0.25) is 11.9 Å². The Labute approximate surface area is 361 Å². The van der Waals surface area contributed by atoms with E-state index in [1.54, 1.807) is 0 Å². The van der Waals surface area contributed by atoms with Gasteiger partial charge in [0.25, 0.3) is 20.0 Å². The van der Waals surface area contributed by atoms with Crippen LogP contribution in [0.15, 0.2) is 128 Å². The lowest BCUT2D eigenvalue weighted by Gasteiger charge is -2.15. The number of guanidine groups is 2. The van der Waals surface area contributed by atoms with Crippen molar-refractivity contribution in [2.45, 2.75) is 37.2 Å². The van der Waals surface area contributed by atoms with E-state index in [1.807, 2.05) is 0 Å². The van der Waals surface area contributed by atoms with E-state index in [0.717, 1.165) is 36.9 Å². The Morgan fingerprint density at radius 1 is 0.562 bits per heavy atom. The second-order valence-corrected chi connectivity index (χ2v) is 16.9. The summed E-state index contributed by atoms with van der Waals surface area (Å²) in [5.74, 6) is -4.95. The number of amides is 2. The molecule has 0 saturated carbocycles. The molecule has 0 fully saturated rings. The van der Waals surface area contributed by atoms with E-state index in [9.17, 15) is 44.0 Å². The molecular weight excluding hydrogens is 893 g/mol. The third-order valence-electron chi connectivity index (χ3n) is 8.07. The predicted molar refractivity (Wildman–Crippen MR) is 222 cm³/mol. The zero-order valence-electron chi connectivity index (χ0n) is 33.2. The summed E-state index contributed by atoms with van der Waals surface area (Å²) in [4.78, 5) is 39.1. The quantitative estimate of drug-likeness (QED) is 0.0438. The van der Waals surface area contributed by atoms with Crippen LogP contribution in [0, 0.1) is 23.3 Å².